The minimum atomic E-state index is -0.933. The average Bonchev–Trinajstić information content (AvgIpc) is 2.98. The zero-order valence-electron chi connectivity index (χ0n) is 14.1. The lowest BCUT2D eigenvalue weighted by atomic mass is 9.79. The Balaban J connectivity index is 2.24. The molecule has 24 heavy (non-hydrogen) atoms. The van der Waals surface area contributed by atoms with E-state index in [2.05, 4.69) is 5.32 Å². The Kier molecular flexibility index (Phi) is 5.99. The van der Waals surface area contributed by atoms with Crippen LogP contribution in [0.3, 0.4) is 0 Å². The molecule has 1 aliphatic rings. The van der Waals surface area contributed by atoms with Crippen molar-refractivity contribution < 1.29 is 24.2 Å². The van der Waals surface area contributed by atoms with Crippen molar-refractivity contribution in [2.24, 2.45) is 11.8 Å². The number of methoxy groups -OCH3 is 1. The van der Waals surface area contributed by atoms with Crippen LogP contribution in [-0.2, 0) is 14.3 Å². The van der Waals surface area contributed by atoms with Crippen LogP contribution in [0.25, 0.3) is 0 Å². The van der Waals surface area contributed by atoms with E-state index in [0.717, 1.165) is 17.7 Å². The average molecular weight is 353 g/mol. The Hall–Kier alpha value is -1.89. The molecule has 1 fully saturated rings. The van der Waals surface area contributed by atoms with Gasteiger partial charge in [0.25, 0.3) is 0 Å². The predicted molar refractivity (Wildman–Crippen MR) is 91.5 cm³/mol. The molecule has 6 nitrogen and oxygen atoms in total. The first-order chi connectivity index (χ1) is 11.3. The van der Waals surface area contributed by atoms with Gasteiger partial charge in [-0.1, -0.05) is 26.7 Å². The molecular formula is C17H23NO5S. The summed E-state index contributed by atoms with van der Waals surface area (Å²) in [5.41, 5.74) is 0.322. The fourth-order valence-electron chi connectivity index (χ4n) is 2.99. The Labute approximate surface area is 145 Å². The van der Waals surface area contributed by atoms with Gasteiger partial charge in [0.15, 0.2) is 0 Å². The summed E-state index contributed by atoms with van der Waals surface area (Å²) >= 11 is 1.33. The molecule has 1 aliphatic carbocycles. The molecule has 2 N–H and O–H groups in total. The summed E-state index contributed by atoms with van der Waals surface area (Å²) in [6.07, 6.45) is 2.73. The summed E-state index contributed by atoms with van der Waals surface area (Å²) in [6.45, 7) is 4.00. The molecule has 1 saturated carbocycles. The molecule has 2 rings (SSSR count). The fraction of sp³-hybridized carbons (Fsp3) is 0.588. The summed E-state index contributed by atoms with van der Waals surface area (Å²) in [6, 6.07) is 1.73. The predicted octanol–water partition coefficient (Wildman–Crippen LogP) is 3.49. The summed E-state index contributed by atoms with van der Waals surface area (Å²) in [5.74, 6) is -2.78. The molecule has 1 heterocycles. The highest BCUT2D eigenvalue weighted by molar-refractivity contribution is 7.16. The number of hydrogen-bond acceptors (Lipinski definition) is 5. The van der Waals surface area contributed by atoms with Crippen molar-refractivity contribution in [3.8, 4) is 0 Å². The van der Waals surface area contributed by atoms with Crippen molar-refractivity contribution in [1.29, 1.82) is 0 Å². The van der Waals surface area contributed by atoms with Crippen molar-refractivity contribution in [1.82, 2.24) is 0 Å². The highest BCUT2D eigenvalue weighted by Crippen LogP contribution is 2.36. The van der Waals surface area contributed by atoms with Crippen LogP contribution in [0.15, 0.2) is 6.07 Å². The zero-order chi connectivity index (χ0) is 17.9. The third-order valence-corrected chi connectivity index (χ3v) is 5.73. The van der Waals surface area contributed by atoms with Crippen molar-refractivity contribution in [2.45, 2.75) is 45.4 Å². The Morgan fingerprint density at radius 2 is 1.88 bits per heavy atom. The van der Waals surface area contributed by atoms with Crippen LogP contribution in [0.4, 0.5) is 5.00 Å². The molecule has 7 heteroatoms. The number of carbonyl (C=O) groups is 3. The third kappa shape index (κ3) is 3.95. The number of carboxylic acids is 1. The molecule has 0 aliphatic heterocycles. The number of aliphatic carboxylic acids is 1. The topological polar surface area (TPSA) is 92.7 Å². The van der Waals surface area contributed by atoms with E-state index in [1.807, 2.05) is 13.8 Å². The van der Waals surface area contributed by atoms with Crippen molar-refractivity contribution in [3.05, 3.63) is 16.5 Å². The zero-order valence-corrected chi connectivity index (χ0v) is 14.9. The number of esters is 1. The molecule has 1 aromatic heterocycles. The van der Waals surface area contributed by atoms with E-state index in [0.29, 0.717) is 23.4 Å². The summed E-state index contributed by atoms with van der Waals surface area (Å²) in [5, 5.41) is 12.5. The number of hydrogen-bond donors (Lipinski definition) is 2. The Bertz CT molecular complexity index is 637. The number of carboxylic acid groups (broad SMARTS) is 1. The molecule has 132 valence electrons. The second-order valence-corrected chi connectivity index (χ2v) is 7.45. The van der Waals surface area contributed by atoms with Gasteiger partial charge in [0.05, 0.1) is 24.5 Å². The molecule has 0 saturated heterocycles. The lowest BCUT2D eigenvalue weighted by molar-refractivity contribution is -0.147. The molecule has 2 atom stereocenters. The maximum Gasteiger partial charge on any atom is 0.340 e. The molecular weight excluding hydrogens is 330 g/mol. The van der Waals surface area contributed by atoms with E-state index in [4.69, 9.17) is 4.74 Å². The van der Waals surface area contributed by atoms with Gasteiger partial charge < -0.3 is 15.2 Å². The van der Waals surface area contributed by atoms with Crippen LogP contribution in [-0.4, -0.2) is 30.1 Å². The van der Waals surface area contributed by atoms with Gasteiger partial charge in [-0.05, 0) is 24.8 Å². The minimum absolute atomic E-state index is 0.213. The number of anilines is 1. The van der Waals surface area contributed by atoms with Crippen LogP contribution in [0, 0.1) is 11.8 Å². The van der Waals surface area contributed by atoms with E-state index >= 15 is 0 Å². The molecule has 1 aromatic rings. The number of carbonyl (C=O) groups excluding carboxylic acids is 2. The first kappa shape index (κ1) is 18.4. The molecule has 1 amide bonds. The van der Waals surface area contributed by atoms with Crippen molar-refractivity contribution >= 4 is 34.2 Å². The number of thiophene rings is 1. The molecule has 0 bridgehead atoms. The van der Waals surface area contributed by atoms with Crippen molar-refractivity contribution in [2.75, 3.05) is 12.4 Å². The second-order valence-electron chi connectivity index (χ2n) is 6.36. The monoisotopic (exact) mass is 353 g/mol. The maximum absolute atomic E-state index is 12.6. The lowest BCUT2D eigenvalue weighted by Crippen LogP contribution is -2.36. The quantitative estimate of drug-likeness (QED) is 0.791. The van der Waals surface area contributed by atoms with E-state index in [-0.39, 0.29) is 11.8 Å². The largest absolute Gasteiger partial charge is 0.481 e. The van der Waals surface area contributed by atoms with Crippen LogP contribution in [0.1, 0.15) is 60.7 Å². The SMILES string of the molecule is COC(=O)c1cc(C(C)C)sc1NC(=O)[C@@H]1CCCC[C@H]1C(=O)O. The normalized spacial score (nSPS) is 20.7. The van der Waals surface area contributed by atoms with Gasteiger partial charge in [-0.25, -0.2) is 4.79 Å². The maximum atomic E-state index is 12.6. The minimum Gasteiger partial charge on any atom is -0.481 e. The standard InChI is InChI=1S/C17H23NO5S/c1-9(2)13-8-12(17(22)23-3)15(24-13)18-14(19)10-6-4-5-7-11(10)16(20)21/h8-11H,4-7H2,1-3H3,(H,18,19)(H,20,21)/t10-,11-/m1/s1. The van der Waals surface area contributed by atoms with E-state index in [1.165, 1.54) is 18.4 Å². The van der Waals surface area contributed by atoms with Gasteiger partial charge in [0.1, 0.15) is 5.00 Å². The number of ether oxygens (including phenoxy) is 1. The fourth-order valence-corrected chi connectivity index (χ4v) is 4.05. The number of amides is 1. The summed E-state index contributed by atoms with van der Waals surface area (Å²) in [7, 11) is 1.29. The third-order valence-electron chi connectivity index (χ3n) is 4.38. The molecule has 0 aromatic carbocycles. The van der Waals surface area contributed by atoms with Crippen LogP contribution in [0.2, 0.25) is 0 Å². The number of nitrogens with one attached hydrogen (secondary N) is 1. The van der Waals surface area contributed by atoms with Crippen molar-refractivity contribution in [3.63, 3.8) is 0 Å². The van der Waals surface area contributed by atoms with Gasteiger partial charge in [-0.2, -0.15) is 0 Å². The van der Waals surface area contributed by atoms with Gasteiger partial charge in [0, 0.05) is 4.88 Å². The van der Waals surface area contributed by atoms with E-state index < -0.39 is 23.8 Å². The van der Waals surface area contributed by atoms with Gasteiger partial charge >= 0.3 is 11.9 Å². The van der Waals surface area contributed by atoms with Crippen LogP contribution >= 0.6 is 11.3 Å². The smallest absolute Gasteiger partial charge is 0.340 e. The Morgan fingerprint density at radius 3 is 2.42 bits per heavy atom. The molecule has 0 radical (unpaired) electrons. The first-order valence-electron chi connectivity index (χ1n) is 8.10. The highest BCUT2D eigenvalue weighted by Gasteiger charge is 2.36. The first-order valence-corrected chi connectivity index (χ1v) is 8.92. The van der Waals surface area contributed by atoms with Gasteiger partial charge in [-0.15, -0.1) is 11.3 Å². The van der Waals surface area contributed by atoms with Crippen LogP contribution < -0.4 is 5.32 Å². The number of rotatable bonds is 5. The van der Waals surface area contributed by atoms with E-state index in [1.54, 1.807) is 6.07 Å². The lowest BCUT2D eigenvalue weighted by Gasteiger charge is -2.27. The van der Waals surface area contributed by atoms with E-state index in [9.17, 15) is 19.5 Å². The highest BCUT2D eigenvalue weighted by atomic mass is 32.1. The molecule has 0 spiro atoms. The summed E-state index contributed by atoms with van der Waals surface area (Å²) in [4.78, 5) is 36.9. The van der Waals surface area contributed by atoms with Crippen LogP contribution in [0.5, 0.6) is 0 Å². The van der Waals surface area contributed by atoms with Gasteiger partial charge in [0.2, 0.25) is 5.91 Å². The van der Waals surface area contributed by atoms with Gasteiger partial charge in [-0.3, -0.25) is 9.59 Å². The Morgan fingerprint density at radius 1 is 1.25 bits per heavy atom. The summed E-state index contributed by atoms with van der Waals surface area (Å²) < 4.78 is 4.78. The second kappa shape index (κ2) is 7.79. The molecule has 0 unspecified atom stereocenters.